The first kappa shape index (κ1) is 17.3. The van der Waals surface area contributed by atoms with Gasteiger partial charge in [0.15, 0.2) is 5.58 Å². The van der Waals surface area contributed by atoms with Crippen LogP contribution in [0.2, 0.25) is 0 Å². The Morgan fingerprint density at radius 3 is 2.41 bits per heavy atom. The van der Waals surface area contributed by atoms with E-state index < -0.39 is 5.63 Å². The van der Waals surface area contributed by atoms with E-state index in [4.69, 9.17) is 13.6 Å². The van der Waals surface area contributed by atoms with Gasteiger partial charge in [0, 0.05) is 11.6 Å². The third-order valence-corrected chi connectivity index (χ3v) is 4.73. The maximum Gasteiger partial charge on any atom is 0.347 e. The minimum absolute atomic E-state index is 0.335. The summed E-state index contributed by atoms with van der Waals surface area (Å²) in [4.78, 5) is 12.5. The van der Waals surface area contributed by atoms with Gasteiger partial charge in [-0.25, -0.2) is 9.18 Å². The number of furan rings is 1. The van der Waals surface area contributed by atoms with Gasteiger partial charge in [-0.3, -0.25) is 0 Å². The number of ether oxygens (including phenoxy) is 1. The molecule has 29 heavy (non-hydrogen) atoms. The molecule has 2 aromatic heterocycles. The molecule has 0 bridgehead atoms. The lowest BCUT2D eigenvalue weighted by molar-refractivity contribution is 0.306. The van der Waals surface area contributed by atoms with Crippen molar-refractivity contribution in [2.24, 2.45) is 0 Å². The molecule has 0 spiro atoms. The number of halogens is 1. The maximum atomic E-state index is 13.2. The molecular formula is C24H15FO4. The highest BCUT2D eigenvalue weighted by molar-refractivity contribution is 6.02. The summed E-state index contributed by atoms with van der Waals surface area (Å²) in [5, 5.41) is 1.01. The summed E-state index contributed by atoms with van der Waals surface area (Å²) in [6.07, 6.45) is 0. The molecule has 0 saturated carbocycles. The summed E-state index contributed by atoms with van der Waals surface area (Å²) >= 11 is 0. The smallest absolute Gasteiger partial charge is 0.347 e. The van der Waals surface area contributed by atoms with Crippen molar-refractivity contribution in [1.29, 1.82) is 0 Å². The third-order valence-electron chi connectivity index (χ3n) is 4.73. The summed E-state index contributed by atoms with van der Waals surface area (Å²) < 4.78 is 30.4. The minimum atomic E-state index is -0.496. The highest BCUT2D eigenvalue weighted by Crippen LogP contribution is 2.32. The van der Waals surface area contributed by atoms with Crippen LogP contribution in [0.3, 0.4) is 0 Å². The van der Waals surface area contributed by atoms with Crippen LogP contribution < -0.4 is 10.4 Å². The predicted molar refractivity (Wildman–Crippen MR) is 108 cm³/mol. The SMILES string of the molecule is O=c1oc2cc(OCc3ccccc3)ccc2c2oc(-c3ccc(F)cc3)cc12. The molecule has 5 rings (SSSR count). The van der Waals surface area contributed by atoms with Crippen molar-refractivity contribution in [2.45, 2.75) is 6.61 Å². The molecule has 2 heterocycles. The Morgan fingerprint density at radius 1 is 0.828 bits per heavy atom. The molecule has 4 nitrogen and oxygen atoms in total. The Balaban J connectivity index is 1.54. The van der Waals surface area contributed by atoms with E-state index in [9.17, 15) is 9.18 Å². The maximum absolute atomic E-state index is 13.2. The molecule has 142 valence electrons. The third kappa shape index (κ3) is 3.27. The van der Waals surface area contributed by atoms with Crippen LogP contribution >= 0.6 is 0 Å². The standard InChI is InChI=1S/C24H15FO4/c25-17-8-6-16(7-9-17)21-13-20-23(28-21)19-11-10-18(12-22(19)29-24(20)26)27-14-15-4-2-1-3-5-15/h1-13H,14H2. The number of rotatable bonds is 4. The van der Waals surface area contributed by atoms with Crippen molar-refractivity contribution >= 4 is 21.9 Å². The Kier molecular flexibility index (Phi) is 4.13. The van der Waals surface area contributed by atoms with Crippen LogP contribution in [0.5, 0.6) is 5.75 Å². The second kappa shape index (κ2) is 6.95. The van der Waals surface area contributed by atoms with E-state index in [-0.39, 0.29) is 5.82 Å². The number of hydrogen-bond acceptors (Lipinski definition) is 4. The van der Waals surface area contributed by atoms with Crippen LogP contribution in [0.1, 0.15) is 5.56 Å². The molecule has 0 fully saturated rings. The molecule has 3 aromatic carbocycles. The number of hydrogen-bond donors (Lipinski definition) is 0. The fourth-order valence-corrected chi connectivity index (χ4v) is 3.26. The molecule has 0 unspecified atom stereocenters. The Bertz CT molecular complexity index is 1370. The number of benzene rings is 3. The summed E-state index contributed by atoms with van der Waals surface area (Å²) in [5.74, 6) is 0.733. The normalized spacial score (nSPS) is 11.2. The highest BCUT2D eigenvalue weighted by atomic mass is 19.1. The van der Waals surface area contributed by atoms with Gasteiger partial charge in [0.2, 0.25) is 0 Å². The van der Waals surface area contributed by atoms with E-state index in [1.165, 1.54) is 12.1 Å². The van der Waals surface area contributed by atoms with Crippen molar-refractivity contribution in [1.82, 2.24) is 0 Å². The highest BCUT2D eigenvalue weighted by Gasteiger charge is 2.15. The van der Waals surface area contributed by atoms with Gasteiger partial charge >= 0.3 is 5.63 Å². The van der Waals surface area contributed by atoms with Gasteiger partial charge in [-0.2, -0.15) is 0 Å². The minimum Gasteiger partial charge on any atom is -0.489 e. The first-order chi connectivity index (χ1) is 14.2. The van der Waals surface area contributed by atoms with Gasteiger partial charge in [-0.1, -0.05) is 30.3 Å². The molecule has 5 heteroatoms. The van der Waals surface area contributed by atoms with Crippen molar-refractivity contribution in [2.75, 3.05) is 0 Å². The summed E-state index contributed by atoms with van der Waals surface area (Å²) in [6.45, 7) is 0.411. The topological polar surface area (TPSA) is 52.6 Å². The van der Waals surface area contributed by atoms with E-state index in [0.717, 1.165) is 5.56 Å². The second-order valence-electron chi connectivity index (χ2n) is 6.68. The van der Waals surface area contributed by atoms with Crippen molar-refractivity contribution in [3.05, 3.63) is 101 Å². The average molecular weight is 386 g/mol. The van der Waals surface area contributed by atoms with Gasteiger partial charge in [0.05, 0.1) is 5.39 Å². The summed E-state index contributed by atoms with van der Waals surface area (Å²) in [7, 11) is 0. The quantitative estimate of drug-likeness (QED) is 0.360. The van der Waals surface area contributed by atoms with Crippen LogP contribution in [0.4, 0.5) is 4.39 Å². The predicted octanol–water partition coefficient (Wildman–Crippen LogP) is 5.92. The zero-order chi connectivity index (χ0) is 19.8. The van der Waals surface area contributed by atoms with Gasteiger partial charge < -0.3 is 13.6 Å². The zero-order valence-corrected chi connectivity index (χ0v) is 15.2. The lowest BCUT2D eigenvalue weighted by Gasteiger charge is -2.07. The zero-order valence-electron chi connectivity index (χ0n) is 15.2. The second-order valence-corrected chi connectivity index (χ2v) is 6.68. The molecule has 0 saturated heterocycles. The van der Waals surface area contributed by atoms with Crippen molar-refractivity contribution in [3.8, 4) is 17.1 Å². The Hall–Kier alpha value is -3.86. The van der Waals surface area contributed by atoms with Gasteiger partial charge in [0.25, 0.3) is 0 Å². The largest absolute Gasteiger partial charge is 0.489 e. The summed E-state index contributed by atoms with van der Waals surface area (Å²) in [5.41, 5.74) is 2.04. The van der Waals surface area contributed by atoms with E-state index in [1.54, 1.807) is 30.3 Å². The molecule has 0 atom stereocenters. The van der Waals surface area contributed by atoms with Gasteiger partial charge in [-0.05, 0) is 48.0 Å². The molecule has 0 aliphatic carbocycles. The Labute approximate surface area is 164 Å². The Morgan fingerprint density at radius 2 is 1.62 bits per heavy atom. The van der Waals surface area contributed by atoms with Gasteiger partial charge in [-0.15, -0.1) is 0 Å². The molecule has 0 amide bonds. The van der Waals surface area contributed by atoms with E-state index in [1.807, 2.05) is 36.4 Å². The first-order valence-electron chi connectivity index (χ1n) is 9.10. The fraction of sp³-hybridized carbons (Fsp3) is 0.0417. The lowest BCUT2D eigenvalue weighted by Crippen LogP contribution is -1.98. The number of fused-ring (bicyclic) bond motifs is 3. The van der Waals surface area contributed by atoms with E-state index >= 15 is 0 Å². The average Bonchev–Trinajstić information content (AvgIpc) is 3.20. The molecule has 0 aliphatic rings. The molecule has 0 radical (unpaired) electrons. The molecular weight excluding hydrogens is 371 g/mol. The summed E-state index contributed by atoms with van der Waals surface area (Å²) in [6, 6.07) is 22.6. The van der Waals surface area contributed by atoms with Crippen molar-refractivity contribution in [3.63, 3.8) is 0 Å². The van der Waals surface area contributed by atoms with E-state index in [0.29, 0.717) is 45.6 Å². The molecule has 5 aromatic rings. The fourth-order valence-electron chi connectivity index (χ4n) is 3.26. The van der Waals surface area contributed by atoms with Crippen LogP contribution in [-0.2, 0) is 6.61 Å². The van der Waals surface area contributed by atoms with Crippen LogP contribution in [-0.4, -0.2) is 0 Å². The lowest BCUT2D eigenvalue weighted by atomic mass is 10.1. The molecule has 0 aliphatic heterocycles. The monoisotopic (exact) mass is 386 g/mol. The van der Waals surface area contributed by atoms with Crippen LogP contribution in [0.15, 0.2) is 92.5 Å². The van der Waals surface area contributed by atoms with E-state index in [2.05, 4.69) is 0 Å². The van der Waals surface area contributed by atoms with Crippen LogP contribution in [0.25, 0.3) is 33.3 Å². The first-order valence-corrected chi connectivity index (χ1v) is 9.10. The van der Waals surface area contributed by atoms with Gasteiger partial charge in [0.1, 0.15) is 34.9 Å². The van der Waals surface area contributed by atoms with Crippen molar-refractivity contribution < 1.29 is 18.0 Å². The van der Waals surface area contributed by atoms with Crippen LogP contribution in [0, 0.1) is 5.82 Å². The molecule has 0 N–H and O–H groups in total.